The standard InChI is InChI=1S/C30H28F3N3O/c1-19-5-3-7-27(28(19)20-8-11-23(12-9-20)30(31,32)33)29(37)35-24-13-10-21-15-25(17-22(21)16-24)34-18-26-6-4-14-36(26)2/h3-14,16,25,34H,15,17-18H2,1-2H3,(H,35,37). The predicted molar refractivity (Wildman–Crippen MR) is 139 cm³/mol. The van der Waals surface area contributed by atoms with Gasteiger partial charge < -0.3 is 15.2 Å². The predicted octanol–water partition coefficient (Wildman–Crippen LogP) is 6.53. The average molecular weight is 504 g/mol. The van der Waals surface area contributed by atoms with E-state index in [1.165, 1.54) is 29.0 Å². The van der Waals surface area contributed by atoms with Crippen molar-refractivity contribution in [1.82, 2.24) is 9.88 Å². The molecule has 7 heteroatoms. The van der Waals surface area contributed by atoms with Crippen LogP contribution in [0.1, 0.15) is 38.3 Å². The zero-order valence-electron chi connectivity index (χ0n) is 20.7. The van der Waals surface area contributed by atoms with Crippen LogP contribution in [0.15, 0.2) is 79.0 Å². The smallest absolute Gasteiger partial charge is 0.353 e. The van der Waals surface area contributed by atoms with Crippen LogP contribution >= 0.6 is 0 Å². The van der Waals surface area contributed by atoms with Crippen LogP contribution in [0.25, 0.3) is 11.1 Å². The van der Waals surface area contributed by atoms with Crippen LogP contribution in [0.4, 0.5) is 18.9 Å². The largest absolute Gasteiger partial charge is 0.416 e. The summed E-state index contributed by atoms with van der Waals surface area (Å²) < 4.78 is 41.2. The summed E-state index contributed by atoms with van der Waals surface area (Å²) in [5.41, 5.74) is 6.11. The highest BCUT2D eigenvalue weighted by Crippen LogP contribution is 2.34. The lowest BCUT2D eigenvalue weighted by Gasteiger charge is -2.15. The topological polar surface area (TPSA) is 46.1 Å². The van der Waals surface area contributed by atoms with E-state index < -0.39 is 11.7 Å². The van der Waals surface area contributed by atoms with Crippen molar-refractivity contribution in [3.63, 3.8) is 0 Å². The van der Waals surface area contributed by atoms with E-state index in [2.05, 4.69) is 27.3 Å². The number of fused-ring (bicyclic) bond motifs is 1. The first kappa shape index (κ1) is 24.8. The Balaban J connectivity index is 1.31. The fourth-order valence-corrected chi connectivity index (χ4v) is 5.03. The molecule has 1 aromatic heterocycles. The third kappa shape index (κ3) is 5.32. The normalized spacial score (nSPS) is 15.0. The molecule has 0 bridgehead atoms. The molecule has 2 N–H and O–H groups in total. The summed E-state index contributed by atoms with van der Waals surface area (Å²) in [6.45, 7) is 2.65. The van der Waals surface area contributed by atoms with E-state index in [1.54, 1.807) is 12.1 Å². The highest BCUT2D eigenvalue weighted by molar-refractivity contribution is 6.09. The maximum Gasteiger partial charge on any atom is 0.416 e. The van der Waals surface area contributed by atoms with Crippen molar-refractivity contribution in [2.45, 2.75) is 38.5 Å². The molecule has 1 aliphatic rings. The third-order valence-corrected chi connectivity index (χ3v) is 7.04. The molecule has 1 amide bonds. The van der Waals surface area contributed by atoms with Crippen molar-refractivity contribution in [2.24, 2.45) is 7.05 Å². The van der Waals surface area contributed by atoms with Gasteiger partial charge in [0, 0.05) is 42.8 Å². The Labute approximate surface area is 214 Å². The molecular formula is C30H28F3N3O. The first-order chi connectivity index (χ1) is 17.7. The molecule has 0 saturated carbocycles. The molecule has 3 aromatic carbocycles. The van der Waals surface area contributed by atoms with Gasteiger partial charge in [-0.1, -0.05) is 30.3 Å². The van der Waals surface area contributed by atoms with Crippen LogP contribution < -0.4 is 10.6 Å². The van der Waals surface area contributed by atoms with Crippen LogP contribution in [0.2, 0.25) is 0 Å². The van der Waals surface area contributed by atoms with Gasteiger partial charge in [-0.15, -0.1) is 0 Å². The summed E-state index contributed by atoms with van der Waals surface area (Å²) in [5.74, 6) is -0.296. The Kier molecular flexibility index (Phi) is 6.65. The van der Waals surface area contributed by atoms with E-state index in [0.717, 1.165) is 37.1 Å². The molecule has 1 heterocycles. The fraction of sp³-hybridized carbons (Fsp3) is 0.233. The van der Waals surface area contributed by atoms with Gasteiger partial charge in [-0.05, 0) is 90.0 Å². The lowest BCUT2D eigenvalue weighted by atomic mass is 9.93. The molecule has 0 fully saturated rings. The summed E-state index contributed by atoms with van der Waals surface area (Å²) in [4.78, 5) is 13.3. The maximum atomic E-state index is 13.3. The summed E-state index contributed by atoms with van der Waals surface area (Å²) in [5, 5.41) is 6.62. The van der Waals surface area contributed by atoms with Crippen LogP contribution in [-0.2, 0) is 32.6 Å². The highest BCUT2D eigenvalue weighted by atomic mass is 19.4. The van der Waals surface area contributed by atoms with Gasteiger partial charge in [0.05, 0.1) is 5.56 Å². The molecule has 4 aromatic rings. The number of nitrogens with one attached hydrogen (secondary N) is 2. The van der Waals surface area contributed by atoms with E-state index in [4.69, 9.17) is 0 Å². The molecule has 1 unspecified atom stereocenters. The van der Waals surface area contributed by atoms with Crippen molar-refractivity contribution in [1.29, 1.82) is 0 Å². The molecule has 0 aliphatic heterocycles. The van der Waals surface area contributed by atoms with Crippen LogP contribution in [0, 0.1) is 6.92 Å². The molecule has 0 spiro atoms. The second-order valence-corrected chi connectivity index (χ2v) is 9.61. The Morgan fingerprint density at radius 3 is 2.43 bits per heavy atom. The van der Waals surface area contributed by atoms with E-state index in [-0.39, 0.29) is 5.91 Å². The minimum Gasteiger partial charge on any atom is -0.353 e. The lowest BCUT2D eigenvalue weighted by Crippen LogP contribution is -2.29. The van der Waals surface area contributed by atoms with Gasteiger partial charge in [0.15, 0.2) is 0 Å². The van der Waals surface area contributed by atoms with Crippen molar-refractivity contribution in [3.05, 3.63) is 113 Å². The Morgan fingerprint density at radius 2 is 1.73 bits per heavy atom. The van der Waals surface area contributed by atoms with Crippen LogP contribution in [0.5, 0.6) is 0 Å². The molecular weight excluding hydrogens is 475 g/mol. The van der Waals surface area contributed by atoms with E-state index in [1.807, 2.05) is 44.4 Å². The number of halogens is 3. The van der Waals surface area contributed by atoms with Gasteiger partial charge >= 0.3 is 6.18 Å². The van der Waals surface area contributed by atoms with E-state index >= 15 is 0 Å². The highest BCUT2D eigenvalue weighted by Gasteiger charge is 2.30. The molecule has 190 valence electrons. The van der Waals surface area contributed by atoms with Crippen molar-refractivity contribution < 1.29 is 18.0 Å². The monoisotopic (exact) mass is 503 g/mol. The molecule has 1 aliphatic carbocycles. The minimum atomic E-state index is -4.41. The van der Waals surface area contributed by atoms with Crippen molar-refractivity contribution in [2.75, 3.05) is 5.32 Å². The average Bonchev–Trinajstić information content (AvgIpc) is 3.47. The van der Waals surface area contributed by atoms with Crippen molar-refractivity contribution in [3.8, 4) is 11.1 Å². The quantitative estimate of drug-likeness (QED) is 0.314. The molecule has 37 heavy (non-hydrogen) atoms. The third-order valence-electron chi connectivity index (χ3n) is 7.04. The number of aromatic nitrogens is 1. The number of anilines is 1. The molecule has 0 saturated heterocycles. The van der Waals surface area contributed by atoms with Gasteiger partial charge in [-0.3, -0.25) is 4.79 Å². The second kappa shape index (κ2) is 9.90. The number of carbonyl (C=O) groups is 1. The summed E-state index contributed by atoms with van der Waals surface area (Å²) in [7, 11) is 2.03. The number of hydrogen-bond acceptors (Lipinski definition) is 2. The number of carbonyl (C=O) groups excluding carboxylic acids is 1. The fourth-order valence-electron chi connectivity index (χ4n) is 5.03. The zero-order valence-corrected chi connectivity index (χ0v) is 20.7. The van der Waals surface area contributed by atoms with E-state index in [0.29, 0.717) is 28.4 Å². The van der Waals surface area contributed by atoms with Gasteiger partial charge in [0.2, 0.25) is 0 Å². The minimum absolute atomic E-state index is 0.296. The number of nitrogens with zero attached hydrogens (tertiary/aromatic N) is 1. The number of alkyl halides is 3. The molecule has 4 nitrogen and oxygen atoms in total. The molecule has 0 radical (unpaired) electrons. The summed E-state index contributed by atoms with van der Waals surface area (Å²) in [6, 6.07) is 20.7. The van der Waals surface area contributed by atoms with Crippen LogP contribution in [-0.4, -0.2) is 16.5 Å². The van der Waals surface area contributed by atoms with Gasteiger partial charge in [-0.2, -0.15) is 13.2 Å². The van der Waals surface area contributed by atoms with E-state index in [9.17, 15) is 18.0 Å². The zero-order chi connectivity index (χ0) is 26.2. The number of benzene rings is 3. The first-order valence-corrected chi connectivity index (χ1v) is 12.2. The number of aryl methyl sites for hydroxylation is 2. The van der Waals surface area contributed by atoms with Gasteiger partial charge in [0.25, 0.3) is 5.91 Å². The van der Waals surface area contributed by atoms with Crippen molar-refractivity contribution >= 4 is 11.6 Å². The number of amides is 1. The van der Waals surface area contributed by atoms with Crippen LogP contribution in [0.3, 0.4) is 0 Å². The Bertz CT molecular complexity index is 1440. The SMILES string of the molecule is Cc1cccc(C(=O)Nc2ccc3c(c2)CC(NCc2cccn2C)C3)c1-c1ccc(C(F)(F)F)cc1. The number of hydrogen-bond donors (Lipinski definition) is 2. The summed E-state index contributed by atoms with van der Waals surface area (Å²) >= 11 is 0. The Hall–Kier alpha value is -3.84. The molecule has 1 atom stereocenters. The Morgan fingerprint density at radius 1 is 0.973 bits per heavy atom. The number of rotatable bonds is 6. The molecule has 5 rings (SSSR count). The van der Waals surface area contributed by atoms with Gasteiger partial charge in [-0.25, -0.2) is 0 Å². The maximum absolute atomic E-state index is 13.3. The summed E-state index contributed by atoms with van der Waals surface area (Å²) in [6.07, 6.45) is -0.560. The lowest BCUT2D eigenvalue weighted by molar-refractivity contribution is -0.137. The van der Waals surface area contributed by atoms with Gasteiger partial charge in [0.1, 0.15) is 0 Å². The second-order valence-electron chi connectivity index (χ2n) is 9.61. The first-order valence-electron chi connectivity index (χ1n) is 12.2.